The van der Waals surface area contributed by atoms with Crippen molar-refractivity contribution >= 4 is 0 Å². The molecular weight excluding hydrogens is 454 g/mol. The summed E-state index contributed by atoms with van der Waals surface area (Å²) >= 11 is 0. The molecule has 184 valence electrons. The normalized spacial score (nSPS) is 19.9. The molecule has 5 rings (SSSR count). The van der Waals surface area contributed by atoms with E-state index in [2.05, 4.69) is 46.7 Å². The summed E-state index contributed by atoms with van der Waals surface area (Å²) in [6.45, 7) is 1.96. The van der Waals surface area contributed by atoms with Crippen LogP contribution in [0.15, 0.2) is 107 Å². The molecule has 0 spiro atoms. The monoisotopic (exact) mass is 483 g/mol. The van der Waals surface area contributed by atoms with Crippen molar-refractivity contribution < 1.29 is 9.84 Å². The van der Waals surface area contributed by atoms with Crippen LogP contribution in [0.3, 0.4) is 0 Å². The Balaban J connectivity index is 1.50. The van der Waals surface area contributed by atoms with Crippen molar-refractivity contribution in [2.75, 3.05) is 6.54 Å². The quantitative estimate of drug-likeness (QED) is 0.351. The van der Waals surface area contributed by atoms with Crippen molar-refractivity contribution in [2.24, 2.45) is 0 Å². The highest BCUT2D eigenvalue weighted by atomic mass is 16.5. The van der Waals surface area contributed by atoms with Crippen LogP contribution in [-0.4, -0.2) is 33.4 Å². The summed E-state index contributed by atoms with van der Waals surface area (Å²) < 4.78 is 7.51. The van der Waals surface area contributed by atoms with Crippen LogP contribution >= 0.6 is 0 Å². The van der Waals surface area contributed by atoms with Gasteiger partial charge in [-0.3, -0.25) is 19.7 Å². The van der Waals surface area contributed by atoms with Gasteiger partial charge in [-0.25, -0.2) is 4.79 Å². The van der Waals surface area contributed by atoms with Crippen molar-refractivity contribution in [3.8, 4) is 0 Å². The molecule has 0 amide bonds. The third kappa shape index (κ3) is 4.44. The number of aryl methyl sites for hydroxylation is 1. The number of aromatic nitrogens is 2. The van der Waals surface area contributed by atoms with Gasteiger partial charge in [0, 0.05) is 24.7 Å². The average Bonchev–Trinajstić information content (AvgIpc) is 3.28. The van der Waals surface area contributed by atoms with Crippen LogP contribution in [0, 0.1) is 6.92 Å². The van der Waals surface area contributed by atoms with E-state index in [0.717, 1.165) is 16.7 Å². The van der Waals surface area contributed by atoms with E-state index in [1.54, 1.807) is 6.92 Å². The van der Waals surface area contributed by atoms with E-state index in [1.165, 1.54) is 10.8 Å². The maximum atomic E-state index is 12.4. The van der Waals surface area contributed by atoms with Crippen LogP contribution in [-0.2, 0) is 10.3 Å². The molecule has 0 saturated carbocycles. The summed E-state index contributed by atoms with van der Waals surface area (Å²) in [7, 11) is 0. The second-order valence-corrected chi connectivity index (χ2v) is 9.14. The van der Waals surface area contributed by atoms with E-state index >= 15 is 0 Å². The van der Waals surface area contributed by atoms with Crippen molar-refractivity contribution in [3.05, 3.63) is 140 Å². The van der Waals surface area contributed by atoms with Gasteiger partial charge in [-0.05, 0) is 23.6 Å². The number of benzene rings is 3. The largest absolute Gasteiger partial charge is 0.390 e. The van der Waals surface area contributed by atoms with Crippen molar-refractivity contribution in [3.63, 3.8) is 0 Å². The van der Waals surface area contributed by atoms with E-state index in [9.17, 15) is 14.7 Å². The summed E-state index contributed by atoms with van der Waals surface area (Å²) in [6, 6.07) is 30.6. The zero-order valence-electron chi connectivity index (χ0n) is 20.0. The number of aliphatic hydroxyl groups excluding tert-OH is 1. The minimum absolute atomic E-state index is 0.243. The average molecular weight is 484 g/mol. The van der Waals surface area contributed by atoms with Gasteiger partial charge < -0.3 is 9.84 Å². The Hall–Kier alpha value is -3.78. The van der Waals surface area contributed by atoms with Crippen LogP contribution in [0.25, 0.3) is 0 Å². The van der Waals surface area contributed by atoms with Crippen molar-refractivity contribution in [1.82, 2.24) is 14.9 Å². The number of aliphatic hydroxyl groups is 1. The standard InChI is InChI=1S/C29H29N3O4/c1-20-19-32(28(35)31-27(20)34)26-17-24(33)25(36-26)18-30-29(21-11-5-2-6-12-21,22-13-7-3-8-14-22)23-15-9-4-10-16-23/h2-16,19,24-26,30,33H,17-18H2,1H3,(H,31,34,35)/t24?,25-,26-/m1/s1. The molecule has 1 fully saturated rings. The SMILES string of the molecule is Cc1cn([C@H]2CC(O)[C@@H](CNC(c3ccccc3)(c3ccccc3)c3ccccc3)O2)c(=O)[nH]c1=O. The Morgan fingerprint density at radius 1 is 0.917 bits per heavy atom. The lowest BCUT2D eigenvalue weighted by atomic mass is 9.77. The molecule has 1 aromatic heterocycles. The summed E-state index contributed by atoms with van der Waals surface area (Å²) in [6.07, 6.45) is -0.302. The number of ether oxygens (including phenoxy) is 1. The molecular formula is C29H29N3O4. The molecule has 3 aromatic carbocycles. The second-order valence-electron chi connectivity index (χ2n) is 9.14. The van der Waals surface area contributed by atoms with Crippen LogP contribution in [0.4, 0.5) is 0 Å². The number of hydrogen-bond acceptors (Lipinski definition) is 5. The van der Waals surface area contributed by atoms with Gasteiger partial charge in [0.05, 0.1) is 17.7 Å². The number of aromatic amines is 1. The number of hydrogen-bond donors (Lipinski definition) is 3. The zero-order valence-corrected chi connectivity index (χ0v) is 20.0. The van der Waals surface area contributed by atoms with E-state index in [4.69, 9.17) is 4.74 Å². The van der Waals surface area contributed by atoms with Gasteiger partial charge in [-0.15, -0.1) is 0 Å². The van der Waals surface area contributed by atoms with Gasteiger partial charge in [0.25, 0.3) is 5.56 Å². The highest BCUT2D eigenvalue weighted by Crippen LogP contribution is 2.37. The van der Waals surface area contributed by atoms with E-state index < -0.39 is 35.2 Å². The number of rotatable bonds is 7. The van der Waals surface area contributed by atoms with Crippen molar-refractivity contribution in [1.29, 1.82) is 0 Å². The van der Waals surface area contributed by atoms with E-state index in [-0.39, 0.29) is 6.42 Å². The lowest BCUT2D eigenvalue weighted by Crippen LogP contribution is -2.49. The van der Waals surface area contributed by atoms with Gasteiger partial charge in [0.15, 0.2) is 0 Å². The van der Waals surface area contributed by atoms with Gasteiger partial charge >= 0.3 is 5.69 Å². The van der Waals surface area contributed by atoms with Gasteiger partial charge in [-0.2, -0.15) is 0 Å². The first kappa shape index (κ1) is 23.9. The van der Waals surface area contributed by atoms with Gasteiger partial charge in [0.2, 0.25) is 0 Å². The topological polar surface area (TPSA) is 96.3 Å². The fraction of sp³-hybridized carbons (Fsp3) is 0.241. The molecule has 2 heterocycles. The smallest absolute Gasteiger partial charge is 0.330 e. The first-order valence-electron chi connectivity index (χ1n) is 12.1. The molecule has 0 bridgehead atoms. The second kappa shape index (κ2) is 10.1. The molecule has 3 atom stereocenters. The van der Waals surface area contributed by atoms with E-state index in [1.807, 2.05) is 54.6 Å². The number of nitrogens with one attached hydrogen (secondary N) is 2. The Kier molecular flexibility index (Phi) is 6.69. The summed E-state index contributed by atoms with van der Waals surface area (Å²) in [5, 5.41) is 14.6. The Labute approximate surface area is 209 Å². The third-order valence-corrected chi connectivity index (χ3v) is 6.85. The predicted octanol–water partition coefficient (Wildman–Crippen LogP) is 3.08. The maximum absolute atomic E-state index is 12.4. The Morgan fingerprint density at radius 2 is 1.42 bits per heavy atom. The molecule has 7 nitrogen and oxygen atoms in total. The summed E-state index contributed by atoms with van der Waals surface area (Å²) in [5.41, 5.74) is 1.90. The highest BCUT2D eigenvalue weighted by Gasteiger charge is 2.40. The molecule has 7 heteroatoms. The lowest BCUT2D eigenvalue weighted by Gasteiger charge is -2.38. The van der Waals surface area contributed by atoms with Gasteiger partial charge in [0.1, 0.15) is 6.23 Å². The van der Waals surface area contributed by atoms with E-state index in [0.29, 0.717) is 12.1 Å². The molecule has 1 unspecified atom stereocenters. The van der Waals surface area contributed by atoms with Gasteiger partial charge in [-0.1, -0.05) is 91.0 Å². The number of H-pyrrole nitrogens is 1. The predicted molar refractivity (Wildman–Crippen MR) is 138 cm³/mol. The Bertz CT molecular complexity index is 1320. The van der Waals surface area contributed by atoms with Crippen LogP contribution in [0.1, 0.15) is 34.9 Å². The molecule has 4 aromatic rings. The lowest BCUT2D eigenvalue weighted by molar-refractivity contribution is -0.0213. The van der Waals surface area contributed by atoms with Crippen LogP contribution in [0.2, 0.25) is 0 Å². The summed E-state index contributed by atoms with van der Waals surface area (Å²) in [5.74, 6) is 0. The molecule has 36 heavy (non-hydrogen) atoms. The molecule has 1 aliphatic rings. The Morgan fingerprint density at radius 3 is 1.92 bits per heavy atom. The molecule has 1 saturated heterocycles. The third-order valence-electron chi connectivity index (χ3n) is 6.85. The highest BCUT2D eigenvalue weighted by molar-refractivity contribution is 5.49. The number of nitrogens with zero attached hydrogens (tertiary/aromatic N) is 1. The van der Waals surface area contributed by atoms with Crippen molar-refractivity contribution in [2.45, 2.75) is 37.3 Å². The molecule has 0 aliphatic carbocycles. The fourth-order valence-electron chi connectivity index (χ4n) is 4.99. The molecule has 0 radical (unpaired) electrons. The minimum atomic E-state index is -0.790. The fourth-order valence-corrected chi connectivity index (χ4v) is 4.99. The molecule has 3 N–H and O–H groups in total. The first-order chi connectivity index (χ1) is 17.5. The summed E-state index contributed by atoms with van der Waals surface area (Å²) in [4.78, 5) is 26.5. The van der Waals surface area contributed by atoms with Crippen LogP contribution in [0.5, 0.6) is 0 Å². The molecule has 1 aliphatic heterocycles. The first-order valence-corrected chi connectivity index (χ1v) is 12.1. The van der Waals surface area contributed by atoms with Crippen LogP contribution < -0.4 is 16.6 Å². The minimum Gasteiger partial charge on any atom is -0.390 e. The maximum Gasteiger partial charge on any atom is 0.330 e. The zero-order chi connectivity index (χ0) is 25.1.